The van der Waals surface area contributed by atoms with E-state index in [-0.39, 0.29) is 25.8 Å². The summed E-state index contributed by atoms with van der Waals surface area (Å²) in [5, 5.41) is 24.5. The molecule has 0 aromatic heterocycles. The van der Waals surface area contributed by atoms with Gasteiger partial charge < -0.3 is 15.5 Å². The molecular formula is C39H43HfNO2-2. The Morgan fingerprint density at radius 2 is 1.00 bits per heavy atom. The Bertz CT molecular complexity index is 1420. The normalized spacial score (nSPS) is 10.0. The maximum atomic E-state index is 10.6. The first-order chi connectivity index (χ1) is 20.4. The summed E-state index contributed by atoms with van der Waals surface area (Å²) >= 11 is 0. The zero-order valence-corrected chi connectivity index (χ0v) is 28.9. The molecule has 0 unspecified atom stereocenters. The van der Waals surface area contributed by atoms with Crippen LogP contribution >= 0.6 is 0 Å². The van der Waals surface area contributed by atoms with Crippen molar-refractivity contribution in [3.05, 3.63) is 169 Å². The molecule has 0 aliphatic rings. The molecule has 0 heterocycles. The summed E-state index contributed by atoms with van der Waals surface area (Å²) in [4.78, 5) is 0. The number of benzene rings is 5. The smallest absolute Gasteiger partial charge is 0.126 e. The number of phenolic OH excluding ortho intramolecular Hbond substituents is 2. The van der Waals surface area contributed by atoms with Crippen LogP contribution in [0.5, 0.6) is 11.5 Å². The van der Waals surface area contributed by atoms with E-state index < -0.39 is 0 Å². The van der Waals surface area contributed by atoms with E-state index >= 15 is 0 Å². The number of hydrogen-bond donors (Lipinski definition) is 3. The summed E-state index contributed by atoms with van der Waals surface area (Å²) in [6.07, 6.45) is 1.53. The number of hydrogen-bond acceptors (Lipinski definition) is 3. The van der Waals surface area contributed by atoms with Gasteiger partial charge >= 0.3 is 0 Å². The van der Waals surface area contributed by atoms with Crippen molar-refractivity contribution >= 4 is 0 Å². The van der Waals surface area contributed by atoms with E-state index in [9.17, 15) is 10.2 Å². The Hall–Kier alpha value is -3.73. The fraction of sp³-hybridized carbons (Fsp3) is 0.179. The molecular weight excluding hydrogens is 693 g/mol. The SMILES string of the molecule is CC(C)c1cccc(CCNCCc2cccc(-c3ccccc3)c2O)c1O.[CH2-]c1ccccc1.[CH2-]c1ccccc1.[Hf]. The minimum atomic E-state index is 0. The summed E-state index contributed by atoms with van der Waals surface area (Å²) in [7, 11) is 0. The Kier molecular flexibility index (Phi) is 16.0. The number of phenols is 2. The van der Waals surface area contributed by atoms with Crippen LogP contribution in [-0.4, -0.2) is 23.3 Å². The van der Waals surface area contributed by atoms with Crippen molar-refractivity contribution in [3.63, 3.8) is 0 Å². The molecule has 3 nitrogen and oxygen atoms in total. The van der Waals surface area contributed by atoms with Crippen LogP contribution in [0.1, 0.15) is 47.6 Å². The van der Waals surface area contributed by atoms with Crippen molar-refractivity contribution < 1.29 is 36.1 Å². The van der Waals surface area contributed by atoms with Gasteiger partial charge in [-0.2, -0.15) is 49.2 Å². The molecule has 5 aromatic rings. The van der Waals surface area contributed by atoms with Gasteiger partial charge in [0, 0.05) is 31.4 Å². The van der Waals surface area contributed by atoms with Crippen LogP contribution in [-0.2, 0) is 38.7 Å². The molecule has 0 aliphatic heterocycles. The average Bonchev–Trinajstić information content (AvgIpc) is 3.00. The standard InChI is InChI=1S/C25H29NO2.2C7H7.Hf/c1-18(2)22-12-6-10-20(24(22)27)14-16-26-17-15-21-11-7-13-23(25(21)28)19-8-4-3-5-9-19;2*1-7-5-3-2-4-6-7;/h3-13,18,26-28H,14-17H2,1-2H3;2*2-6H,1H2;/q;2*-1;. The topological polar surface area (TPSA) is 52.5 Å². The van der Waals surface area contributed by atoms with Gasteiger partial charge in [-0.05, 0) is 54.1 Å². The van der Waals surface area contributed by atoms with Gasteiger partial charge in [-0.1, -0.05) is 92.7 Å². The fourth-order valence-electron chi connectivity index (χ4n) is 4.45. The summed E-state index contributed by atoms with van der Waals surface area (Å²) in [5.74, 6) is 1.10. The first-order valence-electron chi connectivity index (χ1n) is 14.5. The number of nitrogens with one attached hydrogen (secondary N) is 1. The number of rotatable bonds is 8. The first-order valence-corrected chi connectivity index (χ1v) is 14.5. The predicted molar refractivity (Wildman–Crippen MR) is 178 cm³/mol. The van der Waals surface area contributed by atoms with Gasteiger partial charge in [-0.25, -0.2) is 0 Å². The molecule has 5 aromatic carbocycles. The molecule has 3 N–H and O–H groups in total. The van der Waals surface area contributed by atoms with Crippen LogP contribution in [0.2, 0.25) is 0 Å². The van der Waals surface area contributed by atoms with Crippen molar-refractivity contribution in [2.75, 3.05) is 13.1 Å². The first kappa shape index (κ1) is 35.5. The van der Waals surface area contributed by atoms with Crippen molar-refractivity contribution in [3.8, 4) is 22.6 Å². The molecule has 0 atom stereocenters. The molecule has 0 saturated heterocycles. The number of para-hydroxylation sites is 2. The molecule has 222 valence electrons. The quantitative estimate of drug-likeness (QED) is 0.0848. The van der Waals surface area contributed by atoms with Crippen molar-refractivity contribution in [1.29, 1.82) is 0 Å². The van der Waals surface area contributed by atoms with E-state index in [0.717, 1.165) is 64.9 Å². The zero-order chi connectivity index (χ0) is 30.2. The molecule has 5 rings (SSSR count). The van der Waals surface area contributed by atoms with Gasteiger partial charge in [0.15, 0.2) is 0 Å². The molecule has 0 amide bonds. The summed E-state index contributed by atoms with van der Waals surface area (Å²) in [6, 6.07) is 41.6. The minimum Gasteiger partial charge on any atom is -0.507 e. The van der Waals surface area contributed by atoms with E-state index in [1.807, 2.05) is 127 Å². The molecule has 4 heteroatoms. The molecule has 0 fully saturated rings. The van der Waals surface area contributed by atoms with Crippen LogP contribution in [0, 0.1) is 13.8 Å². The predicted octanol–water partition coefficient (Wildman–Crippen LogP) is 9.00. The molecule has 0 radical (unpaired) electrons. The second-order valence-corrected chi connectivity index (χ2v) is 10.4. The second-order valence-electron chi connectivity index (χ2n) is 10.4. The van der Waals surface area contributed by atoms with Crippen molar-refractivity contribution in [1.82, 2.24) is 5.32 Å². The van der Waals surface area contributed by atoms with E-state index in [4.69, 9.17) is 0 Å². The van der Waals surface area contributed by atoms with E-state index in [1.165, 1.54) is 0 Å². The van der Waals surface area contributed by atoms with Crippen LogP contribution in [0.25, 0.3) is 11.1 Å². The second kappa shape index (κ2) is 19.5. The van der Waals surface area contributed by atoms with Crippen molar-refractivity contribution in [2.45, 2.75) is 32.6 Å². The molecule has 0 bridgehead atoms. The van der Waals surface area contributed by atoms with Crippen LogP contribution in [0.4, 0.5) is 0 Å². The minimum absolute atomic E-state index is 0. The van der Waals surface area contributed by atoms with Gasteiger partial charge in [0.2, 0.25) is 0 Å². The zero-order valence-electron chi connectivity index (χ0n) is 25.3. The van der Waals surface area contributed by atoms with E-state index in [0.29, 0.717) is 17.4 Å². The van der Waals surface area contributed by atoms with Gasteiger partial charge in [0.1, 0.15) is 11.5 Å². The maximum absolute atomic E-state index is 10.6. The third-order valence-electron chi connectivity index (χ3n) is 6.81. The van der Waals surface area contributed by atoms with Gasteiger partial charge in [0.05, 0.1) is 0 Å². The van der Waals surface area contributed by atoms with Crippen LogP contribution < -0.4 is 5.32 Å². The average molecular weight is 736 g/mol. The Morgan fingerprint density at radius 3 is 1.44 bits per heavy atom. The molecule has 0 spiro atoms. The Labute approximate surface area is 277 Å². The third kappa shape index (κ3) is 12.2. The van der Waals surface area contributed by atoms with E-state index in [1.54, 1.807) is 0 Å². The summed E-state index contributed by atoms with van der Waals surface area (Å²) < 4.78 is 0. The summed E-state index contributed by atoms with van der Waals surface area (Å²) in [5.41, 5.74) is 6.96. The Morgan fingerprint density at radius 1 is 0.558 bits per heavy atom. The van der Waals surface area contributed by atoms with Gasteiger partial charge in [-0.15, -0.1) is 24.3 Å². The summed E-state index contributed by atoms with van der Waals surface area (Å²) in [6.45, 7) is 13.2. The van der Waals surface area contributed by atoms with Gasteiger partial charge in [0.25, 0.3) is 0 Å². The third-order valence-corrected chi connectivity index (χ3v) is 6.81. The van der Waals surface area contributed by atoms with Crippen LogP contribution in [0.15, 0.2) is 127 Å². The maximum Gasteiger partial charge on any atom is 0.126 e. The molecule has 0 aliphatic carbocycles. The van der Waals surface area contributed by atoms with Gasteiger partial charge in [-0.3, -0.25) is 0 Å². The molecule has 0 saturated carbocycles. The van der Waals surface area contributed by atoms with Crippen molar-refractivity contribution in [2.24, 2.45) is 0 Å². The fourth-order valence-corrected chi connectivity index (χ4v) is 4.45. The largest absolute Gasteiger partial charge is 0.507 e. The van der Waals surface area contributed by atoms with Crippen LogP contribution in [0.3, 0.4) is 0 Å². The van der Waals surface area contributed by atoms with E-state index in [2.05, 4.69) is 33.0 Å². The molecule has 43 heavy (non-hydrogen) atoms. The monoisotopic (exact) mass is 737 g/mol. The Balaban J connectivity index is 0.000000350. The number of aromatic hydroxyl groups is 2.